The first-order chi connectivity index (χ1) is 5.07. The molecule has 0 saturated carbocycles. The molecular formula is C4H4O4S3. The van der Waals surface area contributed by atoms with E-state index in [9.17, 15) is 12.6 Å². The summed E-state index contributed by atoms with van der Waals surface area (Å²) >= 11 is 0. The third kappa shape index (κ3) is 0.851. The summed E-state index contributed by atoms with van der Waals surface area (Å²) in [5.41, 5.74) is 0. The van der Waals surface area contributed by atoms with E-state index in [4.69, 9.17) is 0 Å². The van der Waals surface area contributed by atoms with Crippen LogP contribution >= 0.6 is 9.34 Å². The summed E-state index contributed by atoms with van der Waals surface area (Å²) in [7, 11) is -7.65. The number of hydrogen-bond acceptors (Lipinski definition) is 4. The lowest BCUT2D eigenvalue weighted by Gasteiger charge is -2.35. The Kier molecular flexibility index (Phi) is 1.35. The van der Waals surface area contributed by atoms with Crippen molar-refractivity contribution in [2.24, 2.45) is 0 Å². The van der Waals surface area contributed by atoms with Crippen LogP contribution in [0.1, 0.15) is 0 Å². The van der Waals surface area contributed by atoms with Gasteiger partial charge in [0.15, 0.2) is 0 Å². The van der Waals surface area contributed by atoms with E-state index >= 15 is 0 Å². The molecule has 1 atom stereocenters. The highest BCUT2D eigenvalue weighted by Gasteiger charge is 2.53. The zero-order valence-corrected chi connectivity index (χ0v) is 7.62. The van der Waals surface area contributed by atoms with E-state index < -0.39 is 27.4 Å². The van der Waals surface area contributed by atoms with Gasteiger partial charge in [0.25, 0.3) is 0 Å². The number of allylic oxidation sites excluding steroid dienone is 2. The summed E-state index contributed by atoms with van der Waals surface area (Å²) in [6.07, 6.45) is 3.28. The van der Waals surface area contributed by atoms with Crippen LogP contribution in [-0.4, -0.2) is 12.6 Å². The van der Waals surface area contributed by atoms with Gasteiger partial charge in [0.2, 0.25) is 8.86 Å². The third-order valence-electron chi connectivity index (χ3n) is 1.22. The quantitative estimate of drug-likeness (QED) is 0.554. The van der Waals surface area contributed by atoms with Crippen molar-refractivity contribution in [1.82, 2.24) is 0 Å². The van der Waals surface area contributed by atoms with Gasteiger partial charge in [0.1, 0.15) is 0 Å². The molecule has 2 aliphatic heterocycles. The van der Waals surface area contributed by atoms with Crippen LogP contribution in [0.2, 0.25) is 0 Å². The minimum absolute atomic E-state index is 1.55. The minimum Gasteiger partial charge on any atom is -0.227 e. The molecule has 1 spiro atoms. The van der Waals surface area contributed by atoms with E-state index in [1.807, 2.05) is 0 Å². The second kappa shape index (κ2) is 1.98. The third-order valence-corrected chi connectivity index (χ3v) is 11.9. The van der Waals surface area contributed by atoms with Crippen molar-refractivity contribution in [2.45, 2.75) is 0 Å². The monoisotopic (exact) mass is 212 g/mol. The molecule has 2 heterocycles. The van der Waals surface area contributed by atoms with Gasteiger partial charge in [0.05, 0.1) is 0 Å². The fraction of sp³-hybridized carbons (Fsp3) is 0. The maximum Gasteiger partial charge on any atom is 0.372 e. The van der Waals surface area contributed by atoms with Gasteiger partial charge in [-0.1, -0.05) is 12.2 Å². The van der Waals surface area contributed by atoms with Crippen LogP contribution < -0.4 is 0 Å². The molecule has 0 aliphatic carbocycles. The molecule has 2 aliphatic rings. The highest BCUT2D eigenvalue weighted by atomic mass is 33.6. The van der Waals surface area contributed by atoms with Gasteiger partial charge in [-0.3, -0.25) is 0 Å². The first-order valence-electron chi connectivity index (χ1n) is 2.64. The average molecular weight is 212 g/mol. The van der Waals surface area contributed by atoms with Crippen molar-refractivity contribution in [2.75, 3.05) is 0 Å². The summed E-state index contributed by atoms with van der Waals surface area (Å²) in [4.78, 5) is 0. The molecule has 2 rings (SSSR count). The van der Waals surface area contributed by atoms with Crippen LogP contribution in [0.25, 0.3) is 0 Å². The summed E-state index contributed by atoms with van der Waals surface area (Å²) in [5, 5.41) is 3.09. The maximum absolute atomic E-state index is 11.0. The molecule has 0 radical (unpaired) electrons. The van der Waals surface area contributed by atoms with Gasteiger partial charge in [0, 0.05) is 9.34 Å². The van der Waals surface area contributed by atoms with Crippen LogP contribution in [0.15, 0.2) is 23.0 Å². The summed E-state index contributed by atoms with van der Waals surface area (Å²) < 4.78 is 36.8. The van der Waals surface area contributed by atoms with Crippen LogP contribution in [0.4, 0.5) is 0 Å². The molecule has 0 aromatic rings. The highest BCUT2D eigenvalue weighted by molar-refractivity contribution is 9.16. The second-order valence-corrected chi connectivity index (χ2v) is 10.7. The van der Waals surface area contributed by atoms with E-state index in [1.54, 1.807) is 23.0 Å². The Labute approximate surface area is 66.8 Å². The van der Waals surface area contributed by atoms with Crippen molar-refractivity contribution >= 4 is 27.4 Å². The lowest BCUT2D eigenvalue weighted by atomic mass is 10.6. The molecule has 11 heavy (non-hydrogen) atoms. The van der Waals surface area contributed by atoms with Gasteiger partial charge >= 0.3 is 9.15 Å². The molecule has 62 valence electrons. The molecular weight excluding hydrogens is 208 g/mol. The zero-order valence-electron chi connectivity index (χ0n) is 5.17. The molecule has 0 bridgehead atoms. The van der Waals surface area contributed by atoms with Crippen molar-refractivity contribution in [3.05, 3.63) is 23.0 Å². The summed E-state index contributed by atoms with van der Waals surface area (Å²) in [6.45, 7) is 0. The molecule has 1 fully saturated rings. The van der Waals surface area contributed by atoms with Crippen molar-refractivity contribution in [1.29, 1.82) is 0 Å². The van der Waals surface area contributed by atoms with Crippen LogP contribution in [-0.2, 0) is 21.6 Å². The standard InChI is InChI=1S/C4H4O4S3/c5-9-10(3-1-2-4-10)8-11(9,6)7/h1-4H. The van der Waals surface area contributed by atoms with Crippen molar-refractivity contribution in [3.63, 3.8) is 0 Å². The molecule has 1 saturated heterocycles. The Hall–Kier alpha value is -0.110. The van der Waals surface area contributed by atoms with Gasteiger partial charge in [-0.15, -0.1) is 0 Å². The normalized spacial score (nSPS) is 38.7. The SMILES string of the molecule is O=S1S2(C=CC=C2)OS1(=O)=O. The van der Waals surface area contributed by atoms with Gasteiger partial charge in [-0.25, -0.2) is 4.21 Å². The lowest BCUT2D eigenvalue weighted by Crippen LogP contribution is -2.28. The maximum atomic E-state index is 11.0. The fourth-order valence-corrected chi connectivity index (χ4v) is 10.1. The second-order valence-electron chi connectivity index (χ2n) is 1.93. The van der Waals surface area contributed by atoms with Crippen LogP contribution in [0.5, 0.6) is 0 Å². The molecule has 0 N–H and O–H groups in total. The predicted molar refractivity (Wildman–Crippen MR) is 44.0 cm³/mol. The zero-order chi connectivity index (χ0) is 8.11. The molecule has 4 nitrogen and oxygen atoms in total. The Bertz CT molecular complexity index is 364. The van der Waals surface area contributed by atoms with E-state index in [2.05, 4.69) is 3.63 Å². The van der Waals surface area contributed by atoms with E-state index in [0.29, 0.717) is 0 Å². The largest absolute Gasteiger partial charge is 0.372 e. The van der Waals surface area contributed by atoms with E-state index in [0.717, 1.165) is 0 Å². The molecule has 0 aromatic heterocycles. The Morgan fingerprint density at radius 1 is 1.18 bits per heavy atom. The average Bonchev–Trinajstić information content (AvgIpc) is 2.37. The van der Waals surface area contributed by atoms with Crippen molar-refractivity contribution < 1.29 is 16.3 Å². The molecule has 0 amide bonds. The Morgan fingerprint density at radius 2 is 1.73 bits per heavy atom. The lowest BCUT2D eigenvalue weighted by molar-refractivity contribution is 0.526. The topological polar surface area (TPSA) is 60.4 Å². The smallest absolute Gasteiger partial charge is 0.227 e. The van der Waals surface area contributed by atoms with Gasteiger partial charge < -0.3 is 0 Å². The first kappa shape index (κ1) is 7.53. The predicted octanol–water partition coefficient (Wildman–Crippen LogP) is 0.686. The highest BCUT2D eigenvalue weighted by Crippen LogP contribution is 2.69. The van der Waals surface area contributed by atoms with Crippen molar-refractivity contribution in [3.8, 4) is 0 Å². The first-order valence-corrected chi connectivity index (χ1v) is 7.91. The minimum atomic E-state index is -3.75. The van der Waals surface area contributed by atoms with Gasteiger partial charge in [-0.2, -0.15) is 12.0 Å². The number of hydrogen-bond donors (Lipinski definition) is 0. The molecule has 1 unspecified atom stereocenters. The Balaban J connectivity index is 2.46. The molecule has 7 heteroatoms. The summed E-state index contributed by atoms with van der Waals surface area (Å²) in [6, 6.07) is 0. The fourth-order valence-electron chi connectivity index (χ4n) is 0.779. The van der Waals surface area contributed by atoms with E-state index in [-0.39, 0.29) is 0 Å². The van der Waals surface area contributed by atoms with E-state index in [1.165, 1.54) is 0 Å². The Morgan fingerprint density at radius 3 is 2.09 bits per heavy atom. The summed E-state index contributed by atoms with van der Waals surface area (Å²) in [5.74, 6) is 0. The van der Waals surface area contributed by atoms with Gasteiger partial charge in [-0.05, 0) is 10.8 Å². The number of rotatable bonds is 0. The van der Waals surface area contributed by atoms with Crippen LogP contribution in [0, 0.1) is 0 Å². The molecule has 0 aromatic carbocycles. The van der Waals surface area contributed by atoms with Crippen LogP contribution in [0.3, 0.4) is 0 Å².